The predicted molar refractivity (Wildman–Crippen MR) is 68.9 cm³/mol. The fourth-order valence-corrected chi connectivity index (χ4v) is 1.60. The molecule has 2 aromatic rings. The van der Waals surface area contributed by atoms with Crippen LogP contribution in [0.1, 0.15) is 6.92 Å². The van der Waals surface area contributed by atoms with Crippen LogP contribution in [0.2, 0.25) is 0 Å². The number of carbonyl (C=O) groups excluding carboxylic acids is 1. The summed E-state index contributed by atoms with van der Waals surface area (Å²) in [5.74, 6) is -0.0275. The molecule has 4 heteroatoms. The minimum absolute atomic E-state index is 0.0275. The van der Waals surface area contributed by atoms with Gasteiger partial charge in [-0.1, -0.05) is 13.0 Å². The zero-order valence-corrected chi connectivity index (χ0v) is 9.73. The van der Waals surface area contributed by atoms with Gasteiger partial charge in [0, 0.05) is 23.5 Å². The van der Waals surface area contributed by atoms with Crippen LogP contribution in [-0.4, -0.2) is 24.0 Å². The van der Waals surface area contributed by atoms with Crippen molar-refractivity contribution < 1.29 is 4.79 Å². The quantitative estimate of drug-likeness (QED) is 0.840. The SMILES string of the molecule is CCNCC(=O)Nc1ccc2cnccc2c1. The van der Waals surface area contributed by atoms with E-state index in [0.717, 1.165) is 23.0 Å². The number of rotatable bonds is 4. The number of hydrogen-bond acceptors (Lipinski definition) is 3. The molecule has 0 saturated carbocycles. The topological polar surface area (TPSA) is 54.0 Å². The maximum Gasteiger partial charge on any atom is 0.238 e. The Bertz CT molecular complexity index is 525. The number of anilines is 1. The zero-order valence-electron chi connectivity index (χ0n) is 9.73. The third kappa shape index (κ3) is 3.01. The molecule has 0 aliphatic carbocycles. The lowest BCUT2D eigenvalue weighted by Crippen LogP contribution is -2.27. The van der Waals surface area contributed by atoms with E-state index < -0.39 is 0 Å². The van der Waals surface area contributed by atoms with Crippen molar-refractivity contribution in [1.82, 2.24) is 10.3 Å². The molecule has 4 nitrogen and oxygen atoms in total. The molecule has 0 unspecified atom stereocenters. The molecule has 1 aromatic heterocycles. The first-order chi connectivity index (χ1) is 8.29. The van der Waals surface area contributed by atoms with Crippen molar-refractivity contribution in [3.63, 3.8) is 0 Å². The summed E-state index contributed by atoms with van der Waals surface area (Å²) < 4.78 is 0. The van der Waals surface area contributed by atoms with E-state index in [-0.39, 0.29) is 5.91 Å². The molecule has 0 aliphatic heterocycles. The summed E-state index contributed by atoms with van der Waals surface area (Å²) in [7, 11) is 0. The van der Waals surface area contributed by atoms with E-state index >= 15 is 0 Å². The second kappa shape index (κ2) is 5.41. The second-order valence-corrected chi connectivity index (χ2v) is 3.77. The molecule has 0 saturated heterocycles. The highest BCUT2D eigenvalue weighted by Crippen LogP contribution is 2.17. The van der Waals surface area contributed by atoms with Crippen molar-refractivity contribution in [3.8, 4) is 0 Å². The molecular weight excluding hydrogens is 214 g/mol. The van der Waals surface area contributed by atoms with Crippen molar-refractivity contribution in [2.75, 3.05) is 18.4 Å². The third-order valence-corrected chi connectivity index (χ3v) is 2.46. The average molecular weight is 229 g/mol. The molecule has 2 rings (SSSR count). The molecule has 1 amide bonds. The summed E-state index contributed by atoms with van der Waals surface area (Å²) >= 11 is 0. The van der Waals surface area contributed by atoms with Gasteiger partial charge in [0.05, 0.1) is 6.54 Å². The van der Waals surface area contributed by atoms with Crippen LogP contribution in [0.5, 0.6) is 0 Å². The van der Waals surface area contributed by atoms with Gasteiger partial charge in [-0.3, -0.25) is 9.78 Å². The van der Waals surface area contributed by atoms with Crippen molar-refractivity contribution in [3.05, 3.63) is 36.7 Å². The maximum absolute atomic E-state index is 11.5. The highest BCUT2D eigenvalue weighted by atomic mass is 16.1. The number of benzene rings is 1. The van der Waals surface area contributed by atoms with Crippen LogP contribution < -0.4 is 10.6 Å². The lowest BCUT2D eigenvalue weighted by molar-refractivity contribution is -0.115. The van der Waals surface area contributed by atoms with Crippen molar-refractivity contribution in [2.45, 2.75) is 6.92 Å². The summed E-state index contributed by atoms with van der Waals surface area (Å²) in [6.07, 6.45) is 3.55. The van der Waals surface area contributed by atoms with Gasteiger partial charge in [-0.25, -0.2) is 0 Å². The molecule has 0 bridgehead atoms. The summed E-state index contributed by atoms with van der Waals surface area (Å²) in [5, 5.41) is 7.97. The number of pyridine rings is 1. The van der Waals surface area contributed by atoms with Crippen LogP contribution in [0.4, 0.5) is 5.69 Å². The number of likely N-dealkylation sites (N-methyl/N-ethyl adjacent to an activating group) is 1. The number of nitrogens with zero attached hydrogens (tertiary/aromatic N) is 1. The first-order valence-corrected chi connectivity index (χ1v) is 5.64. The monoisotopic (exact) mass is 229 g/mol. The first-order valence-electron chi connectivity index (χ1n) is 5.64. The Labute approximate surface area is 100 Å². The van der Waals surface area contributed by atoms with Crippen LogP contribution in [-0.2, 0) is 4.79 Å². The third-order valence-electron chi connectivity index (χ3n) is 2.46. The van der Waals surface area contributed by atoms with Gasteiger partial charge in [-0.05, 0) is 30.1 Å². The van der Waals surface area contributed by atoms with Crippen molar-refractivity contribution in [1.29, 1.82) is 0 Å². The van der Waals surface area contributed by atoms with E-state index in [1.165, 1.54) is 0 Å². The summed E-state index contributed by atoms with van der Waals surface area (Å²) in [5.41, 5.74) is 0.812. The van der Waals surface area contributed by atoms with E-state index in [4.69, 9.17) is 0 Å². The molecule has 0 fully saturated rings. The van der Waals surface area contributed by atoms with E-state index in [1.807, 2.05) is 31.2 Å². The van der Waals surface area contributed by atoms with Gasteiger partial charge in [-0.2, -0.15) is 0 Å². The smallest absolute Gasteiger partial charge is 0.238 e. The molecule has 0 aliphatic rings. The Morgan fingerprint density at radius 3 is 3.00 bits per heavy atom. The normalized spacial score (nSPS) is 10.4. The molecule has 0 radical (unpaired) electrons. The Hall–Kier alpha value is -1.94. The molecule has 88 valence electrons. The van der Waals surface area contributed by atoms with Gasteiger partial charge < -0.3 is 10.6 Å². The van der Waals surface area contributed by atoms with Crippen LogP contribution in [0.15, 0.2) is 36.7 Å². The first kappa shape index (κ1) is 11.5. The largest absolute Gasteiger partial charge is 0.325 e. The fraction of sp³-hybridized carbons (Fsp3) is 0.231. The molecule has 1 aromatic carbocycles. The summed E-state index contributed by atoms with van der Waals surface area (Å²) in [4.78, 5) is 15.6. The lowest BCUT2D eigenvalue weighted by atomic mass is 10.1. The standard InChI is InChI=1S/C13H15N3O/c1-2-14-9-13(17)16-12-4-3-11-8-15-6-5-10(11)7-12/h3-8,14H,2,9H2,1H3,(H,16,17). The Kier molecular flexibility index (Phi) is 3.67. The molecule has 2 N–H and O–H groups in total. The number of nitrogens with one attached hydrogen (secondary N) is 2. The molecular formula is C13H15N3O. The van der Waals surface area contributed by atoms with Crippen LogP contribution in [0.3, 0.4) is 0 Å². The maximum atomic E-state index is 11.5. The second-order valence-electron chi connectivity index (χ2n) is 3.77. The Morgan fingerprint density at radius 2 is 2.18 bits per heavy atom. The molecule has 17 heavy (non-hydrogen) atoms. The van der Waals surface area contributed by atoms with Crippen molar-refractivity contribution in [2.24, 2.45) is 0 Å². The summed E-state index contributed by atoms with van der Waals surface area (Å²) in [6.45, 7) is 3.10. The van der Waals surface area contributed by atoms with E-state index in [2.05, 4.69) is 15.6 Å². The van der Waals surface area contributed by atoms with E-state index in [0.29, 0.717) is 6.54 Å². The number of aromatic nitrogens is 1. The minimum atomic E-state index is -0.0275. The number of amides is 1. The van der Waals surface area contributed by atoms with Crippen LogP contribution >= 0.6 is 0 Å². The van der Waals surface area contributed by atoms with Gasteiger partial charge in [0.2, 0.25) is 5.91 Å². The fourth-order valence-electron chi connectivity index (χ4n) is 1.60. The highest BCUT2D eigenvalue weighted by molar-refractivity contribution is 5.95. The molecule has 0 spiro atoms. The van der Waals surface area contributed by atoms with Gasteiger partial charge in [0.25, 0.3) is 0 Å². The number of carbonyl (C=O) groups is 1. The lowest BCUT2D eigenvalue weighted by Gasteiger charge is -2.06. The van der Waals surface area contributed by atoms with Gasteiger partial charge in [0.15, 0.2) is 0 Å². The van der Waals surface area contributed by atoms with Crippen molar-refractivity contribution >= 4 is 22.4 Å². The van der Waals surface area contributed by atoms with E-state index in [1.54, 1.807) is 12.4 Å². The molecule has 1 heterocycles. The van der Waals surface area contributed by atoms with Gasteiger partial charge in [0.1, 0.15) is 0 Å². The van der Waals surface area contributed by atoms with Crippen LogP contribution in [0, 0.1) is 0 Å². The average Bonchev–Trinajstić information content (AvgIpc) is 2.36. The minimum Gasteiger partial charge on any atom is -0.325 e. The number of fused-ring (bicyclic) bond motifs is 1. The zero-order chi connectivity index (χ0) is 12.1. The van der Waals surface area contributed by atoms with Crippen LogP contribution in [0.25, 0.3) is 10.8 Å². The highest BCUT2D eigenvalue weighted by Gasteiger charge is 2.01. The number of hydrogen-bond donors (Lipinski definition) is 2. The Balaban J connectivity index is 2.11. The summed E-state index contributed by atoms with van der Waals surface area (Å²) in [6, 6.07) is 7.70. The Morgan fingerprint density at radius 1 is 1.29 bits per heavy atom. The van der Waals surface area contributed by atoms with Gasteiger partial charge in [-0.15, -0.1) is 0 Å². The molecule has 0 atom stereocenters. The van der Waals surface area contributed by atoms with Gasteiger partial charge >= 0.3 is 0 Å². The predicted octanol–water partition coefficient (Wildman–Crippen LogP) is 1.78. The van der Waals surface area contributed by atoms with E-state index in [9.17, 15) is 4.79 Å².